The standard InChI is InChI=1S/C18H30N4O2/c1-13-7-3-5-9-15(13)19-21-17(23)11-12-18(24)22-20-16-10-6-4-8-14(16)2/h13-14H,3-12H2,1-2H3,(H,21,23)(H,22,24)/b19-15-,20-16+/t13-,14-/m0/s1. The van der Waals surface area contributed by atoms with Crippen molar-refractivity contribution < 1.29 is 9.59 Å². The molecule has 2 fully saturated rings. The molecule has 6 heteroatoms. The molecule has 2 N–H and O–H groups in total. The number of carbonyl (C=O) groups excluding carboxylic acids is 2. The molecule has 0 radical (unpaired) electrons. The first-order valence-electron chi connectivity index (χ1n) is 9.27. The van der Waals surface area contributed by atoms with Crippen LogP contribution in [0.15, 0.2) is 10.2 Å². The van der Waals surface area contributed by atoms with E-state index in [1.165, 1.54) is 12.8 Å². The summed E-state index contributed by atoms with van der Waals surface area (Å²) in [4.78, 5) is 23.6. The van der Waals surface area contributed by atoms with Crippen molar-refractivity contribution in [1.82, 2.24) is 10.9 Å². The molecular formula is C18H30N4O2. The third-order valence-corrected chi connectivity index (χ3v) is 5.01. The molecule has 2 rings (SSSR count). The second kappa shape index (κ2) is 9.55. The zero-order chi connectivity index (χ0) is 17.4. The van der Waals surface area contributed by atoms with Gasteiger partial charge in [-0.3, -0.25) is 9.59 Å². The molecule has 0 aromatic carbocycles. The van der Waals surface area contributed by atoms with E-state index in [-0.39, 0.29) is 24.7 Å². The molecule has 0 aliphatic heterocycles. The second-order valence-corrected chi connectivity index (χ2v) is 7.07. The number of rotatable bonds is 5. The highest BCUT2D eigenvalue weighted by Crippen LogP contribution is 2.21. The molecule has 0 heterocycles. The Kier molecular flexibility index (Phi) is 7.40. The fraction of sp³-hybridized carbons (Fsp3) is 0.778. The van der Waals surface area contributed by atoms with Gasteiger partial charge in [-0.05, 0) is 50.4 Å². The lowest BCUT2D eigenvalue weighted by Crippen LogP contribution is -2.27. The summed E-state index contributed by atoms with van der Waals surface area (Å²) >= 11 is 0. The highest BCUT2D eigenvalue weighted by atomic mass is 16.2. The van der Waals surface area contributed by atoms with E-state index in [2.05, 4.69) is 34.9 Å². The van der Waals surface area contributed by atoms with Gasteiger partial charge in [0.2, 0.25) is 11.8 Å². The van der Waals surface area contributed by atoms with E-state index in [1.54, 1.807) is 0 Å². The topological polar surface area (TPSA) is 82.9 Å². The van der Waals surface area contributed by atoms with Crippen LogP contribution in [0.1, 0.15) is 78.1 Å². The first kappa shape index (κ1) is 18.6. The van der Waals surface area contributed by atoms with Crippen molar-refractivity contribution in [3.8, 4) is 0 Å². The van der Waals surface area contributed by atoms with Gasteiger partial charge in [-0.2, -0.15) is 10.2 Å². The van der Waals surface area contributed by atoms with Gasteiger partial charge in [0, 0.05) is 24.3 Å². The highest BCUT2D eigenvalue weighted by Gasteiger charge is 2.17. The Hall–Kier alpha value is -1.72. The van der Waals surface area contributed by atoms with Crippen LogP contribution in [0.25, 0.3) is 0 Å². The van der Waals surface area contributed by atoms with E-state index in [0.717, 1.165) is 49.9 Å². The SMILES string of the molecule is C[C@H]1CCCC/C1=N/NC(=O)CCC(=O)N/N=C1\CCCC[C@@H]1C. The summed E-state index contributed by atoms with van der Waals surface area (Å²) in [5.74, 6) is 0.453. The van der Waals surface area contributed by atoms with E-state index in [1.807, 2.05) is 0 Å². The quantitative estimate of drug-likeness (QED) is 0.757. The van der Waals surface area contributed by atoms with Gasteiger partial charge in [0.05, 0.1) is 0 Å². The molecule has 6 nitrogen and oxygen atoms in total. The minimum atomic E-state index is -0.214. The van der Waals surface area contributed by atoms with Crippen molar-refractivity contribution >= 4 is 23.2 Å². The summed E-state index contributed by atoms with van der Waals surface area (Å²) in [5, 5.41) is 8.46. The van der Waals surface area contributed by atoms with Crippen LogP contribution in [-0.2, 0) is 9.59 Å². The lowest BCUT2D eigenvalue weighted by Gasteiger charge is -2.20. The molecule has 2 aliphatic carbocycles. The second-order valence-electron chi connectivity index (χ2n) is 7.07. The monoisotopic (exact) mass is 334 g/mol. The Labute approximate surface area is 144 Å². The van der Waals surface area contributed by atoms with Gasteiger partial charge in [-0.25, -0.2) is 10.9 Å². The molecule has 2 saturated carbocycles. The van der Waals surface area contributed by atoms with Gasteiger partial charge >= 0.3 is 0 Å². The highest BCUT2D eigenvalue weighted by molar-refractivity contribution is 5.90. The van der Waals surface area contributed by atoms with Crippen molar-refractivity contribution in [3.05, 3.63) is 0 Å². The summed E-state index contributed by atoms with van der Waals surface area (Å²) in [6, 6.07) is 0. The molecule has 134 valence electrons. The van der Waals surface area contributed by atoms with Crippen molar-refractivity contribution in [3.63, 3.8) is 0 Å². The largest absolute Gasteiger partial charge is 0.273 e. The Balaban J connectivity index is 1.68. The van der Waals surface area contributed by atoms with E-state index in [9.17, 15) is 9.59 Å². The first-order chi connectivity index (χ1) is 11.6. The van der Waals surface area contributed by atoms with Gasteiger partial charge in [-0.1, -0.05) is 26.7 Å². The maximum Gasteiger partial charge on any atom is 0.240 e. The molecule has 0 unspecified atom stereocenters. The number of hydrogen-bond donors (Lipinski definition) is 2. The molecule has 0 saturated heterocycles. The Morgan fingerprint density at radius 2 is 1.25 bits per heavy atom. The Morgan fingerprint density at radius 3 is 1.62 bits per heavy atom. The number of nitrogens with one attached hydrogen (secondary N) is 2. The summed E-state index contributed by atoms with van der Waals surface area (Å²) in [6.45, 7) is 4.28. The van der Waals surface area contributed by atoms with E-state index >= 15 is 0 Å². The smallest absolute Gasteiger partial charge is 0.240 e. The minimum absolute atomic E-state index is 0.136. The maximum atomic E-state index is 11.8. The van der Waals surface area contributed by atoms with Crippen LogP contribution >= 0.6 is 0 Å². The van der Waals surface area contributed by atoms with Crippen LogP contribution in [0.5, 0.6) is 0 Å². The molecule has 0 bridgehead atoms. The average Bonchev–Trinajstić information content (AvgIpc) is 2.58. The fourth-order valence-corrected chi connectivity index (χ4v) is 3.28. The third-order valence-electron chi connectivity index (χ3n) is 5.01. The number of nitrogens with zero attached hydrogens (tertiary/aromatic N) is 2. The third kappa shape index (κ3) is 6.06. The van der Waals surface area contributed by atoms with Crippen molar-refractivity contribution in [1.29, 1.82) is 0 Å². The number of amides is 2. The van der Waals surface area contributed by atoms with Crippen LogP contribution in [0.2, 0.25) is 0 Å². The number of carbonyl (C=O) groups is 2. The number of hydrogen-bond acceptors (Lipinski definition) is 4. The van der Waals surface area contributed by atoms with Gasteiger partial charge in [0.15, 0.2) is 0 Å². The lowest BCUT2D eigenvalue weighted by molar-refractivity contribution is -0.126. The summed E-state index contributed by atoms with van der Waals surface area (Å²) in [6.07, 6.45) is 9.20. The molecule has 2 atom stereocenters. The zero-order valence-electron chi connectivity index (χ0n) is 14.9. The summed E-state index contributed by atoms with van der Waals surface area (Å²) in [5.41, 5.74) is 7.30. The van der Waals surface area contributed by atoms with Crippen molar-refractivity contribution in [2.75, 3.05) is 0 Å². The molecule has 0 aromatic rings. The lowest BCUT2D eigenvalue weighted by atomic mass is 9.89. The van der Waals surface area contributed by atoms with Gasteiger partial charge in [0.1, 0.15) is 0 Å². The van der Waals surface area contributed by atoms with E-state index in [0.29, 0.717) is 11.8 Å². The molecular weight excluding hydrogens is 304 g/mol. The summed E-state index contributed by atoms with van der Waals surface area (Å²) < 4.78 is 0. The van der Waals surface area contributed by atoms with Crippen LogP contribution in [0.3, 0.4) is 0 Å². The summed E-state index contributed by atoms with van der Waals surface area (Å²) in [7, 11) is 0. The minimum Gasteiger partial charge on any atom is -0.273 e. The molecule has 0 spiro atoms. The Morgan fingerprint density at radius 1 is 0.833 bits per heavy atom. The molecule has 2 amide bonds. The average molecular weight is 334 g/mol. The van der Waals surface area contributed by atoms with Crippen molar-refractivity contribution in [2.24, 2.45) is 22.0 Å². The molecule has 24 heavy (non-hydrogen) atoms. The Bertz CT molecular complexity index is 467. The predicted molar refractivity (Wildman–Crippen MR) is 95.7 cm³/mol. The van der Waals surface area contributed by atoms with Crippen LogP contribution in [-0.4, -0.2) is 23.2 Å². The van der Waals surface area contributed by atoms with Gasteiger partial charge < -0.3 is 0 Å². The normalized spacial score (nSPS) is 27.9. The number of hydrazone groups is 2. The molecule has 2 aliphatic rings. The predicted octanol–water partition coefficient (Wildman–Crippen LogP) is 3.13. The van der Waals surface area contributed by atoms with Crippen LogP contribution in [0.4, 0.5) is 0 Å². The van der Waals surface area contributed by atoms with Gasteiger partial charge in [0.25, 0.3) is 0 Å². The van der Waals surface area contributed by atoms with Crippen LogP contribution in [0, 0.1) is 11.8 Å². The van der Waals surface area contributed by atoms with Crippen molar-refractivity contribution in [2.45, 2.75) is 78.1 Å². The molecule has 0 aromatic heterocycles. The fourth-order valence-electron chi connectivity index (χ4n) is 3.28. The van der Waals surface area contributed by atoms with Gasteiger partial charge in [-0.15, -0.1) is 0 Å². The van der Waals surface area contributed by atoms with E-state index < -0.39 is 0 Å². The van der Waals surface area contributed by atoms with E-state index in [4.69, 9.17) is 0 Å². The zero-order valence-corrected chi connectivity index (χ0v) is 14.9. The first-order valence-corrected chi connectivity index (χ1v) is 9.27. The van der Waals surface area contributed by atoms with Crippen LogP contribution < -0.4 is 10.9 Å². The maximum absolute atomic E-state index is 11.8.